The number of halogens is 1. The lowest BCUT2D eigenvalue weighted by molar-refractivity contribution is 0.452. The van der Waals surface area contributed by atoms with Crippen molar-refractivity contribution in [2.24, 2.45) is 0 Å². The lowest BCUT2D eigenvalue weighted by Crippen LogP contribution is -2.07. The first-order valence-corrected chi connectivity index (χ1v) is 4.87. The Hall–Kier alpha value is -1.69. The normalized spacial score (nSPS) is 10.2. The molecule has 0 bridgehead atoms. The van der Waals surface area contributed by atoms with E-state index in [1.165, 1.54) is 0 Å². The van der Waals surface area contributed by atoms with E-state index in [-0.39, 0.29) is 11.7 Å². The fourth-order valence-electron chi connectivity index (χ4n) is 1.08. The van der Waals surface area contributed by atoms with Crippen LogP contribution in [0, 0.1) is 0 Å². The molecular weight excluding hydrogens is 262 g/mol. The quantitative estimate of drug-likeness (QED) is 0.817. The first-order valence-electron chi connectivity index (χ1n) is 4.07. The summed E-state index contributed by atoms with van der Waals surface area (Å²) in [5.74, 6) is -0.0778. The molecule has 0 spiro atoms. The minimum Gasteiger partial charge on any atom is -0.493 e. The summed E-state index contributed by atoms with van der Waals surface area (Å²) in [5, 5.41) is 9.14. The van der Waals surface area contributed by atoms with Gasteiger partial charge in [-0.1, -0.05) is 0 Å². The smallest absolute Gasteiger partial charge is 0.255 e. The Morgan fingerprint density at radius 3 is 2.80 bits per heavy atom. The van der Waals surface area contributed by atoms with Crippen LogP contribution in [-0.2, 0) is 0 Å². The summed E-state index contributed by atoms with van der Waals surface area (Å²) < 4.78 is 0.828. The number of pyridine rings is 1. The number of hydrogen-bond donors (Lipinski definition) is 2. The summed E-state index contributed by atoms with van der Waals surface area (Å²) >= 11 is 3.24. The highest BCUT2D eigenvalue weighted by molar-refractivity contribution is 9.10. The molecule has 0 radical (unpaired) electrons. The number of rotatable bonds is 1. The topological polar surface area (TPSA) is 78.9 Å². The molecule has 0 aliphatic carbocycles. The molecule has 0 saturated carbocycles. The van der Waals surface area contributed by atoms with Crippen LogP contribution in [0.15, 0.2) is 33.7 Å². The molecule has 0 atom stereocenters. The standard InChI is InChI=1S/C9H6BrN3O2/c10-5-1-2-6(11-4-5)9-12-7(14)3-8(15)13-9/h1-4H,(H2,12,13,14,15). The Labute approximate surface area is 93.0 Å². The van der Waals surface area contributed by atoms with Gasteiger partial charge in [0.05, 0.1) is 6.07 Å². The van der Waals surface area contributed by atoms with Gasteiger partial charge in [-0.15, -0.1) is 0 Å². The fraction of sp³-hybridized carbons (Fsp3) is 0. The summed E-state index contributed by atoms with van der Waals surface area (Å²) in [6.45, 7) is 0. The van der Waals surface area contributed by atoms with Crippen LogP contribution < -0.4 is 5.56 Å². The van der Waals surface area contributed by atoms with Crippen molar-refractivity contribution in [3.63, 3.8) is 0 Å². The van der Waals surface area contributed by atoms with Gasteiger partial charge in [0.25, 0.3) is 5.56 Å². The van der Waals surface area contributed by atoms with Crippen LogP contribution in [0.3, 0.4) is 0 Å². The molecule has 0 aliphatic rings. The van der Waals surface area contributed by atoms with E-state index in [0.29, 0.717) is 5.69 Å². The van der Waals surface area contributed by atoms with Gasteiger partial charge in [0.15, 0.2) is 5.82 Å². The van der Waals surface area contributed by atoms with Crippen LogP contribution in [0.2, 0.25) is 0 Å². The molecular formula is C9H6BrN3O2. The molecule has 0 unspecified atom stereocenters. The third kappa shape index (κ3) is 2.21. The highest BCUT2D eigenvalue weighted by Crippen LogP contribution is 2.15. The van der Waals surface area contributed by atoms with Crippen LogP contribution in [0.5, 0.6) is 5.88 Å². The van der Waals surface area contributed by atoms with Gasteiger partial charge in [-0.2, -0.15) is 4.98 Å². The summed E-state index contributed by atoms with van der Waals surface area (Å²) in [6.07, 6.45) is 1.58. The Balaban J connectivity index is 2.54. The van der Waals surface area contributed by atoms with E-state index in [2.05, 4.69) is 30.9 Å². The van der Waals surface area contributed by atoms with E-state index < -0.39 is 5.56 Å². The molecule has 2 N–H and O–H groups in total. The highest BCUT2D eigenvalue weighted by Gasteiger charge is 2.03. The predicted molar refractivity (Wildman–Crippen MR) is 57.5 cm³/mol. The molecule has 2 aromatic heterocycles. The Morgan fingerprint density at radius 2 is 2.20 bits per heavy atom. The monoisotopic (exact) mass is 267 g/mol. The second kappa shape index (κ2) is 3.82. The van der Waals surface area contributed by atoms with E-state index >= 15 is 0 Å². The SMILES string of the molecule is O=c1cc(O)nc(-c2ccc(Br)cn2)[nH]1. The van der Waals surface area contributed by atoms with E-state index in [1.807, 2.05) is 0 Å². The van der Waals surface area contributed by atoms with Crippen LogP contribution in [-0.4, -0.2) is 20.1 Å². The van der Waals surface area contributed by atoms with Crippen molar-refractivity contribution in [2.45, 2.75) is 0 Å². The second-order valence-electron chi connectivity index (χ2n) is 2.81. The average Bonchev–Trinajstić information content (AvgIpc) is 2.17. The number of nitrogens with one attached hydrogen (secondary N) is 1. The van der Waals surface area contributed by atoms with Gasteiger partial charge in [-0.3, -0.25) is 9.78 Å². The number of nitrogens with zero attached hydrogens (tertiary/aromatic N) is 2. The molecule has 2 aromatic rings. The second-order valence-corrected chi connectivity index (χ2v) is 3.73. The Morgan fingerprint density at radius 1 is 1.40 bits per heavy atom. The van der Waals surface area contributed by atoms with Crippen LogP contribution in [0.4, 0.5) is 0 Å². The number of aromatic nitrogens is 3. The predicted octanol–water partition coefficient (Wildman–Crippen LogP) is 1.30. The van der Waals surface area contributed by atoms with Crippen molar-refractivity contribution in [3.05, 3.63) is 39.2 Å². The van der Waals surface area contributed by atoms with Crippen molar-refractivity contribution < 1.29 is 5.11 Å². The third-order valence-corrected chi connectivity index (χ3v) is 2.17. The van der Waals surface area contributed by atoms with Crippen LogP contribution in [0.25, 0.3) is 11.5 Å². The molecule has 0 aliphatic heterocycles. The minimum absolute atomic E-state index is 0.243. The van der Waals surface area contributed by atoms with E-state index in [1.54, 1.807) is 18.3 Å². The van der Waals surface area contributed by atoms with Gasteiger partial charge in [-0.05, 0) is 28.1 Å². The zero-order valence-electron chi connectivity index (χ0n) is 7.44. The molecule has 2 rings (SSSR count). The largest absolute Gasteiger partial charge is 0.493 e. The molecule has 0 saturated heterocycles. The van der Waals surface area contributed by atoms with Gasteiger partial charge in [0.2, 0.25) is 5.88 Å². The van der Waals surface area contributed by atoms with E-state index in [4.69, 9.17) is 5.11 Å². The summed E-state index contributed by atoms with van der Waals surface area (Å²) in [7, 11) is 0. The molecule has 2 heterocycles. The van der Waals surface area contributed by atoms with E-state index in [0.717, 1.165) is 10.5 Å². The maximum atomic E-state index is 11.1. The number of aromatic hydroxyl groups is 1. The van der Waals surface area contributed by atoms with Crippen LogP contribution in [0.1, 0.15) is 0 Å². The fourth-order valence-corrected chi connectivity index (χ4v) is 1.32. The maximum absolute atomic E-state index is 11.1. The van der Waals surface area contributed by atoms with Gasteiger partial charge >= 0.3 is 0 Å². The lowest BCUT2D eigenvalue weighted by Gasteiger charge is -1.99. The lowest BCUT2D eigenvalue weighted by atomic mass is 10.3. The molecule has 0 aromatic carbocycles. The molecule has 5 nitrogen and oxygen atoms in total. The van der Waals surface area contributed by atoms with Gasteiger partial charge in [0, 0.05) is 10.7 Å². The summed E-state index contributed by atoms with van der Waals surface area (Å²) in [5.41, 5.74) is 0.0772. The van der Waals surface area contributed by atoms with Gasteiger partial charge < -0.3 is 10.1 Å². The Bertz CT molecular complexity index is 536. The van der Waals surface area contributed by atoms with Crippen molar-refractivity contribution in [2.75, 3.05) is 0 Å². The molecule has 0 fully saturated rings. The van der Waals surface area contributed by atoms with Gasteiger partial charge in [-0.25, -0.2) is 0 Å². The van der Waals surface area contributed by atoms with Gasteiger partial charge in [0.1, 0.15) is 5.69 Å². The molecule has 76 valence electrons. The Kier molecular flexibility index (Phi) is 2.51. The summed E-state index contributed by atoms with van der Waals surface area (Å²) in [6, 6.07) is 4.45. The van der Waals surface area contributed by atoms with Crippen molar-refractivity contribution in [1.82, 2.24) is 15.0 Å². The average molecular weight is 268 g/mol. The first kappa shape index (κ1) is 9.85. The summed E-state index contributed by atoms with van der Waals surface area (Å²) in [4.78, 5) is 21.3. The molecule has 15 heavy (non-hydrogen) atoms. The minimum atomic E-state index is -0.415. The number of hydrogen-bond acceptors (Lipinski definition) is 4. The number of H-pyrrole nitrogens is 1. The maximum Gasteiger partial charge on any atom is 0.255 e. The van der Waals surface area contributed by atoms with Crippen molar-refractivity contribution in [1.29, 1.82) is 0 Å². The third-order valence-electron chi connectivity index (χ3n) is 1.70. The highest BCUT2D eigenvalue weighted by atomic mass is 79.9. The molecule has 6 heteroatoms. The number of aromatic amines is 1. The van der Waals surface area contributed by atoms with Crippen LogP contribution >= 0.6 is 15.9 Å². The van der Waals surface area contributed by atoms with Crippen molar-refractivity contribution in [3.8, 4) is 17.4 Å². The molecule has 0 amide bonds. The van der Waals surface area contributed by atoms with Crippen molar-refractivity contribution >= 4 is 15.9 Å². The zero-order valence-corrected chi connectivity index (χ0v) is 9.02. The zero-order chi connectivity index (χ0) is 10.8. The van der Waals surface area contributed by atoms with E-state index in [9.17, 15) is 4.79 Å². The first-order chi connectivity index (χ1) is 7.15.